The average molecular weight is 485 g/mol. The van der Waals surface area contributed by atoms with Gasteiger partial charge in [-0.2, -0.15) is 0 Å². The molecule has 5 rings (SSSR count). The summed E-state index contributed by atoms with van der Waals surface area (Å²) in [6.07, 6.45) is 9.52. The van der Waals surface area contributed by atoms with E-state index in [0.29, 0.717) is 30.6 Å². The molecule has 5 aliphatic rings. The number of carboxylic acids is 1. The molecule has 0 aromatic carbocycles. The van der Waals surface area contributed by atoms with Gasteiger partial charge in [-0.15, -0.1) is 0 Å². The molecule has 4 nitrogen and oxygen atoms in total. The first-order valence-electron chi connectivity index (χ1n) is 14.3. The van der Waals surface area contributed by atoms with Crippen LogP contribution in [-0.2, 0) is 9.59 Å². The summed E-state index contributed by atoms with van der Waals surface area (Å²) in [4.78, 5) is 25.4. The van der Waals surface area contributed by atoms with E-state index in [1.807, 2.05) is 6.92 Å². The number of carbonyl (C=O) groups is 2. The molecule has 5 aliphatic carbocycles. The topological polar surface area (TPSA) is 74.6 Å². The maximum atomic E-state index is 12.9. The van der Waals surface area contributed by atoms with Crippen molar-refractivity contribution >= 4 is 11.8 Å². The number of rotatable bonds is 6. The lowest BCUT2D eigenvalue weighted by atomic mass is 9.41. The van der Waals surface area contributed by atoms with Gasteiger partial charge in [0.05, 0.1) is 11.5 Å². The van der Waals surface area contributed by atoms with Crippen LogP contribution < -0.4 is 0 Å². The number of fused-ring (bicyclic) bond motifs is 2. The van der Waals surface area contributed by atoms with Gasteiger partial charge in [-0.25, -0.2) is 0 Å². The zero-order chi connectivity index (χ0) is 25.8. The number of ketones is 1. The van der Waals surface area contributed by atoms with E-state index in [9.17, 15) is 19.8 Å². The standard InChI is InChI=1S/C31H48O4/c1-18(2)20(4)22(32)16-19(3)21-10-12-28(6)23-8-9-24-29(7,26(34)35)25(33)11-13-30(24)17-31(23,30)15-14-27(21,28)5/h18-19,21,23-25,33H,4,8-17H2,1-3,5-7H3,(H,34,35). The van der Waals surface area contributed by atoms with E-state index >= 15 is 0 Å². The minimum absolute atomic E-state index is 0.0937. The maximum Gasteiger partial charge on any atom is 0.312 e. The number of allylic oxidation sites excluding steroid dienone is 1. The first-order valence-corrected chi connectivity index (χ1v) is 14.3. The summed E-state index contributed by atoms with van der Waals surface area (Å²) >= 11 is 0. The fraction of sp³-hybridized carbons (Fsp3) is 0.871. The van der Waals surface area contributed by atoms with Crippen LogP contribution in [0.3, 0.4) is 0 Å². The molecule has 10 unspecified atom stereocenters. The van der Waals surface area contributed by atoms with Crippen molar-refractivity contribution in [3.8, 4) is 0 Å². The van der Waals surface area contributed by atoms with Gasteiger partial charge < -0.3 is 10.2 Å². The van der Waals surface area contributed by atoms with Crippen LogP contribution in [0.15, 0.2) is 12.2 Å². The van der Waals surface area contributed by atoms with Crippen LogP contribution in [0.25, 0.3) is 0 Å². The zero-order valence-corrected chi connectivity index (χ0v) is 23.0. The van der Waals surface area contributed by atoms with Gasteiger partial charge in [-0.05, 0) is 122 Å². The quantitative estimate of drug-likeness (QED) is 0.413. The van der Waals surface area contributed by atoms with Gasteiger partial charge >= 0.3 is 5.97 Å². The van der Waals surface area contributed by atoms with E-state index in [1.165, 1.54) is 32.1 Å². The van der Waals surface area contributed by atoms with Crippen LogP contribution in [-0.4, -0.2) is 28.1 Å². The lowest BCUT2D eigenvalue weighted by molar-refractivity contribution is -0.189. The second-order valence-corrected chi connectivity index (χ2v) is 14.6. The molecule has 4 heteroatoms. The number of aliphatic hydroxyl groups excluding tert-OH is 1. The molecular formula is C31H48O4. The SMILES string of the molecule is C=C(C(=O)CC(C)C1CCC2(C)C3CCC4C(C)(C(=O)O)C(O)CCC45CC35CCC12C)C(C)C. The van der Waals surface area contributed by atoms with Crippen LogP contribution >= 0.6 is 0 Å². The molecule has 0 amide bonds. The Bertz CT molecular complexity index is 954. The van der Waals surface area contributed by atoms with E-state index in [1.54, 1.807) is 0 Å². The summed E-state index contributed by atoms with van der Waals surface area (Å²) in [6, 6.07) is 0. The number of aliphatic hydroxyl groups is 1. The van der Waals surface area contributed by atoms with Gasteiger partial charge in [0.2, 0.25) is 0 Å². The van der Waals surface area contributed by atoms with Crippen molar-refractivity contribution in [2.75, 3.05) is 0 Å². The van der Waals surface area contributed by atoms with Crippen molar-refractivity contribution < 1.29 is 19.8 Å². The second kappa shape index (κ2) is 7.68. The first-order chi connectivity index (χ1) is 16.2. The maximum absolute atomic E-state index is 12.9. The molecule has 35 heavy (non-hydrogen) atoms. The number of hydrogen-bond donors (Lipinski definition) is 2. The fourth-order valence-corrected chi connectivity index (χ4v) is 11.2. The van der Waals surface area contributed by atoms with E-state index < -0.39 is 17.5 Å². The Hall–Kier alpha value is -1.16. The molecule has 5 fully saturated rings. The number of hydrogen-bond acceptors (Lipinski definition) is 3. The summed E-state index contributed by atoms with van der Waals surface area (Å²) in [5, 5.41) is 21.1. The molecule has 0 bridgehead atoms. The van der Waals surface area contributed by atoms with Gasteiger partial charge in [0.15, 0.2) is 5.78 Å². The Balaban J connectivity index is 1.42. The molecule has 196 valence electrons. The van der Waals surface area contributed by atoms with Gasteiger partial charge in [-0.3, -0.25) is 9.59 Å². The third kappa shape index (κ3) is 2.95. The first kappa shape index (κ1) is 25.5. The van der Waals surface area contributed by atoms with Crippen molar-refractivity contribution in [1.82, 2.24) is 0 Å². The largest absolute Gasteiger partial charge is 0.481 e. The third-order valence-electron chi connectivity index (χ3n) is 13.5. The van der Waals surface area contributed by atoms with Crippen LogP contribution in [0, 0.1) is 56.7 Å². The average Bonchev–Trinajstić information content (AvgIpc) is 3.37. The van der Waals surface area contributed by atoms with E-state index in [2.05, 4.69) is 41.2 Å². The van der Waals surface area contributed by atoms with Crippen molar-refractivity contribution in [3.63, 3.8) is 0 Å². The molecule has 10 atom stereocenters. The lowest BCUT2D eigenvalue weighted by Crippen LogP contribution is -2.60. The van der Waals surface area contributed by atoms with Crippen molar-refractivity contribution in [3.05, 3.63) is 12.2 Å². The van der Waals surface area contributed by atoms with Gasteiger partial charge in [0.1, 0.15) is 0 Å². The molecule has 2 spiro atoms. The normalized spacial score (nSPS) is 51.0. The fourth-order valence-electron chi connectivity index (χ4n) is 11.2. The Kier molecular flexibility index (Phi) is 5.59. The monoisotopic (exact) mass is 484 g/mol. The number of aliphatic carboxylic acids is 1. The predicted molar refractivity (Wildman–Crippen MR) is 138 cm³/mol. The van der Waals surface area contributed by atoms with Crippen molar-refractivity contribution in [2.45, 2.75) is 112 Å². The summed E-state index contributed by atoms with van der Waals surface area (Å²) < 4.78 is 0. The Morgan fingerprint density at radius 1 is 0.886 bits per heavy atom. The summed E-state index contributed by atoms with van der Waals surface area (Å²) in [5.74, 6) is 1.30. The molecule has 0 aliphatic heterocycles. The molecule has 2 N–H and O–H groups in total. The minimum atomic E-state index is -1.01. The zero-order valence-electron chi connectivity index (χ0n) is 23.0. The number of carbonyl (C=O) groups excluding carboxylic acids is 1. The highest BCUT2D eigenvalue weighted by Crippen LogP contribution is 2.89. The number of carboxylic acid groups (broad SMARTS) is 1. The highest BCUT2D eigenvalue weighted by molar-refractivity contribution is 5.95. The minimum Gasteiger partial charge on any atom is -0.481 e. The molecule has 0 saturated heterocycles. The van der Waals surface area contributed by atoms with Crippen LogP contribution in [0.1, 0.15) is 106 Å². The third-order valence-corrected chi connectivity index (χ3v) is 13.5. The molecule has 0 aromatic heterocycles. The van der Waals surface area contributed by atoms with Crippen molar-refractivity contribution in [2.24, 2.45) is 56.7 Å². The highest BCUT2D eigenvalue weighted by atomic mass is 16.4. The Morgan fingerprint density at radius 3 is 2.14 bits per heavy atom. The smallest absolute Gasteiger partial charge is 0.312 e. The van der Waals surface area contributed by atoms with E-state index in [4.69, 9.17) is 0 Å². The van der Waals surface area contributed by atoms with E-state index in [-0.39, 0.29) is 39.3 Å². The summed E-state index contributed by atoms with van der Waals surface area (Å²) in [7, 11) is 0. The number of Topliss-reactive ketones (excluding diaryl/α,β-unsaturated/α-hetero) is 1. The molecule has 0 radical (unpaired) electrons. The Morgan fingerprint density at radius 2 is 1.51 bits per heavy atom. The molecule has 0 aromatic rings. The molecule has 5 saturated carbocycles. The molecular weight excluding hydrogens is 436 g/mol. The molecule has 0 heterocycles. The second-order valence-electron chi connectivity index (χ2n) is 14.6. The van der Waals surface area contributed by atoms with Crippen LogP contribution in [0.4, 0.5) is 0 Å². The van der Waals surface area contributed by atoms with E-state index in [0.717, 1.165) is 24.8 Å². The van der Waals surface area contributed by atoms with Crippen molar-refractivity contribution in [1.29, 1.82) is 0 Å². The lowest BCUT2D eigenvalue weighted by Gasteiger charge is -2.63. The predicted octanol–water partition coefficient (Wildman–Crippen LogP) is 6.66. The highest BCUT2D eigenvalue weighted by Gasteiger charge is 2.83. The van der Waals surface area contributed by atoms with Crippen LogP contribution in [0.2, 0.25) is 0 Å². The van der Waals surface area contributed by atoms with Crippen LogP contribution in [0.5, 0.6) is 0 Å². The summed E-state index contributed by atoms with van der Waals surface area (Å²) in [6.45, 7) is 17.4. The van der Waals surface area contributed by atoms with Gasteiger partial charge in [0.25, 0.3) is 0 Å². The van der Waals surface area contributed by atoms with Gasteiger partial charge in [0, 0.05) is 6.42 Å². The Labute approximate surface area is 212 Å². The van der Waals surface area contributed by atoms with Gasteiger partial charge in [-0.1, -0.05) is 41.2 Å². The summed E-state index contributed by atoms with van der Waals surface area (Å²) in [5.41, 5.74) is 0.599.